The van der Waals surface area contributed by atoms with Crippen LogP contribution in [0, 0.1) is 0 Å². The van der Waals surface area contributed by atoms with Crippen molar-refractivity contribution in [3.8, 4) is 0 Å². The predicted molar refractivity (Wildman–Crippen MR) is 44.8 cm³/mol. The molecule has 1 N–H and O–H groups in total. The van der Waals surface area contributed by atoms with Crippen molar-refractivity contribution in [2.45, 2.75) is 25.6 Å². The molecule has 12 heavy (non-hydrogen) atoms. The van der Waals surface area contributed by atoms with Gasteiger partial charge in [0.1, 0.15) is 6.10 Å². The number of ether oxygens (including phenoxy) is 1. The summed E-state index contributed by atoms with van der Waals surface area (Å²) in [6.45, 7) is 3.65. The normalized spacial score (nSPS) is 14.7. The van der Waals surface area contributed by atoms with E-state index in [9.17, 15) is 5.11 Å². The first-order valence-corrected chi connectivity index (χ1v) is 3.83. The monoisotopic (exact) mass is 170 g/mol. The van der Waals surface area contributed by atoms with Crippen LogP contribution in [0.5, 0.6) is 0 Å². The van der Waals surface area contributed by atoms with Gasteiger partial charge in [-0.3, -0.25) is 0 Å². The maximum Gasteiger partial charge on any atom is 0.110 e. The Hall–Kier alpha value is -0.800. The molecule has 0 aromatic carbocycles. The highest BCUT2D eigenvalue weighted by molar-refractivity contribution is 5.12. The zero-order chi connectivity index (χ0) is 9.19. The van der Waals surface area contributed by atoms with Crippen molar-refractivity contribution in [3.05, 3.63) is 24.2 Å². The quantitative estimate of drug-likeness (QED) is 0.751. The van der Waals surface area contributed by atoms with Crippen molar-refractivity contribution < 1.29 is 14.3 Å². The van der Waals surface area contributed by atoms with Gasteiger partial charge < -0.3 is 14.3 Å². The molecule has 0 saturated carbocycles. The Morgan fingerprint density at radius 1 is 1.58 bits per heavy atom. The second kappa shape index (κ2) is 3.29. The van der Waals surface area contributed by atoms with Crippen molar-refractivity contribution in [1.29, 1.82) is 0 Å². The van der Waals surface area contributed by atoms with Gasteiger partial charge in [-0.2, -0.15) is 0 Å². The lowest BCUT2D eigenvalue weighted by atomic mass is 9.97. The fourth-order valence-electron chi connectivity index (χ4n) is 0.944. The molecule has 0 radical (unpaired) electrons. The summed E-state index contributed by atoms with van der Waals surface area (Å²) in [5.74, 6) is 0. The summed E-state index contributed by atoms with van der Waals surface area (Å²) in [5, 5.41) is 9.75. The van der Waals surface area contributed by atoms with Gasteiger partial charge in [-0.25, -0.2) is 0 Å². The largest absolute Gasteiger partial charge is 0.472 e. The van der Waals surface area contributed by atoms with E-state index in [0.29, 0.717) is 0 Å². The van der Waals surface area contributed by atoms with Gasteiger partial charge in [0.05, 0.1) is 18.1 Å². The summed E-state index contributed by atoms with van der Waals surface area (Å²) >= 11 is 0. The van der Waals surface area contributed by atoms with Crippen LogP contribution in [0.3, 0.4) is 0 Å². The highest BCUT2D eigenvalue weighted by Gasteiger charge is 2.29. The lowest BCUT2D eigenvalue weighted by Crippen LogP contribution is -2.31. The first-order chi connectivity index (χ1) is 5.58. The van der Waals surface area contributed by atoms with Crippen molar-refractivity contribution in [3.63, 3.8) is 0 Å². The van der Waals surface area contributed by atoms with E-state index < -0.39 is 11.7 Å². The number of rotatable bonds is 3. The van der Waals surface area contributed by atoms with Crippen LogP contribution in [0.1, 0.15) is 25.5 Å². The zero-order valence-electron chi connectivity index (χ0n) is 7.57. The number of furan rings is 1. The molecule has 1 heterocycles. The number of aliphatic hydroxyl groups excluding tert-OH is 1. The average Bonchev–Trinajstić information content (AvgIpc) is 2.55. The Morgan fingerprint density at radius 2 is 2.25 bits per heavy atom. The average molecular weight is 170 g/mol. The van der Waals surface area contributed by atoms with Crippen LogP contribution < -0.4 is 0 Å². The van der Waals surface area contributed by atoms with Gasteiger partial charge in [0.15, 0.2) is 0 Å². The van der Waals surface area contributed by atoms with E-state index >= 15 is 0 Å². The number of hydrogen-bond donors (Lipinski definition) is 1. The number of aliphatic hydroxyl groups is 1. The van der Waals surface area contributed by atoms with E-state index in [1.165, 1.54) is 12.5 Å². The lowest BCUT2D eigenvalue weighted by Gasteiger charge is -2.28. The van der Waals surface area contributed by atoms with E-state index in [0.717, 1.165) is 5.56 Å². The van der Waals surface area contributed by atoms with Crippen LogP contribution in [0.2, 0.25) is 0 Å². The van der Waals surface area contributed by atoms with Crippen molar-refractivity contribution >= 4 is 0 Å². The van der Waals surface area contributed by atoms with Crippen molar-refractivity contribution in [1.82, 2.24) is 0 Å². The van der Waals surface area contributed by atoms with Gasteiger partial charge in [0.2, 0.25) is 0 Å². The summed E-state index contributed by atoms with van der Waals surface area (Å²) in [7, 11) is 1.57. The highest BCUT2D eigenvalue weighted by atomic mass is 16.5. The number of methoxy groups -OCH3 is 1. The molecule has 0 fully saturated rings. The summed E-state index contributed by atoms with van der Waals surface area (Å²) < 4.78 is 9.99. The first kappa shape index (κ1) is 9.29. The molecule has 1 atom stereocenters. The Labute approximate surface area is 72.0 Å². The Bertz CT molecular complexity index is 226. The van der Waals surface area contributed by atoms with Gasteiger partial charge in [0, 0.05) is 12.7 Å². The fourth-order valence-corrected chi connectivity index (χ4v) is 0.944. The van der Waals surface area contributed by atoms with Crippen LogP contribution in [0.25, 0.3) is 0 Å². The molecule has 0 saturated heterocycles. The topological polar surface area (TPSA) is 42.6 Å². The molecule has 1 rings (SSSR count). The van der Waals surface area contributed by atoms with Gasteiger partial charge in [0.25, 0.3) is 0 Å². The molecular formula is C9H14O3. The van der Waals surface area contributed by atoms with Gasteiger partial charge in [-0.15, -0.1) is 0 Å². The van der Waals surface area contributed by atoms with Crippen molar-refractivity contribution in [2.75, 3.05) is 7.11 Å². The van der Waals surface area contributed by atoms with E-state index in [-0.39, 0.29) is 0 Å². The minimum Gasteiger partial charge on any atom is -0.472 e. The summed E-state index contributed by atoms with van der Waals surface area (Å²) in [6.07, 6.45) is 2.40. The molecule has 0 bridgehead atoms. The molecule has 3 heteroatoms. The van der Waals surface area contributed by atoms with Gasteiger partial charge in [-0.05, 0) is 19.9 Å². The van der Waals surface area contributed by atoms with Gasteiger partial charge in [-0.1, -0.05) is 0 Å². The second-order valence-electron chi connectivity index (χ2n) is 3.27. The molecule has 0 spiro atoms. The smallest absolute Gasteiger partial charge is 0.110 e. The molecule has 3 nitrogen and oxygen atoms in total. The summed E-state index contributed by atoms with van der Waals surface area (Å²) in [6, 6.07) is 1.73. The Kier molecular flexibility index (Phi) is 2.55. The molecule has 1 aromatic heterocycles. The first-order valence-electron chi connectivity index (χ1n) is 3.83. The van der Waals surface area contributed by atoms with Crippen LogP contribution in [-0.2, 0) is 4.74 Å². The summed E-state index contributed by atoms with van der Waals surface area (Å²) in [4.78, 5) is 0. The third-order valence-corrected chi connectivity index (χ3v) is 2.04. The van der Waals surface area contributed by atoms with E-state index in [1.54, 1.807) is 13.2 Å². The van der Waals surface area contributed by atoms with E-state index in [2.05, 4.69) is 0 Å². The molecule has 68 valence electrons. The molecule has 0 aliphatic carbocycles. The minimum absolute atomic E-state index is 0.579. The Balaban J connectivity index is 2.78. The Morgan fingerprint density at radius 3 is 2.67 bits per heavy atom. The SMILES string of the molecule is COC(C)(C)C(O)c1ccoc1. The van der Waals surface area contributed by atoms with Crippen LogP contribution in [0.15, 0.2) is 23.0 Å². The molecule has 1 aromatic rings. The van der Waals surface area contributed by atoms with Crippen LogP contribution in [-0.4, -0.2) is 17.8 Å². The minimum atomic E-state index is -0.652. The number of hydrogen-bond acceptors (Lipinski definition) is 3. The summed E-state index contributed by atoms with van der Waals surface area (Å²) in [5.41, 5.74) is 0.158. The predicted octanol–water partition coefficient (Wildman–Crippen LogP) is 1.74. The lowest BCUT2D eigenvalue weighted by molar-refractivity contribution is -0.0795. The standard InChI is InChI=1S/C9H14O3/c1-9(2,11-3)8(10)7-4-5-12-6-7/h4-6,8,10H,1-3H3. The maximum atomic E-state index is 9.75. The molecule has 0 aliphatic heterocycles. The molecule has 0 aliphatic rings. The van der Waals surface area contributed by atoms with Crippen LogP contribution in [0.4, 0.5) is 0 Å². The molecule has 0 amide bonds. The highest BCUT2D eigenvalue weighted by Crippen LogP contribution is 2.27. The third-order valence-electron chi connectivity index (χ3n) is 2.04. The molecular weight excluding hydrogens is 156 g/mol. The maximum absolute atomic E-state index is 9.75. The zero-order valence-corrected chi connectivity index (χ0v) is 7.57. The van der Waals surface area contributed by atoms with Gasteiger partial charge >= 0.3 is 0 Å². The molecule has 1 unspecified atom stereocenters. The van der Waals surface area contributed by atoms with Crippen LogP contribution >= 0.6 is 0 Å². The van der Waals surface area contributed by atoms with E-state index in [4.69, 9.17) is 9.15 Å². The second-order valence-corrected chi connectivity index (χ2v) is 3.27. The van der Waals surface area contributed by atoms with Crippen molar-refractivity contribution in [2.24, 2.45) is 0 Å². The van der Waals surface area contributed by atoms with E-state index in [1.807, 2.05) is 13.8 Å². The fraction of sp³-hybridized carbons (Fsp3) is 0.556. The third kappa shape index (κ3) is 1.68.